The lowest BCUT2D eigenvalue weighted by molar-refractivity contribution is 0.0583. The third kappa shape index (κ3) is 4.00. The van der Waals surface area contributed by atoms with Crippen molar-refractivity contribution >= 4 is 11.7 Å². The molecule has 3 heterocycles. The third-order valence-electron chi connectivity index (χ3n) is 4.93. The molecule has 25 heavy (non-hydrogen) atoms. The van der Waals surface area contributed by atoms with Crippen LogP contribution in [0.15, 0.2) is 36.8 Å². The molecule has 1 aliphatic rings. The lowest BCUT2D eigenvalue weighted by atomic mass is 10.0. The molecule has 0 N–H and O–H groups in total. The minimum absolute atomic E-state index is 0.0791. The number of piperidine rings is 1. The number of rotatable bonds is 6. The molecule has 6 heteroatoms. The maximum atomic E-state index is 13.0. The molecule has 1 atom stereocenters. The van der Waals surface area contributed by atoms with Gasteiger partial charge in [0.15, 0.2) is 0 Å². The van der Waals surface area contributed by atoms with Crippen LogP contribution < -0.4 is 4.90 Å². The molecule has 1 fully saturated rings. The van der Waals surface area contributed by atoms with E-state index >= 15 is 0 Å². The highest BCUT2D eigenvalue weighted by Gasteiger charge is 2.28. The predicted octanol–water partition coefficient (Wildman–Crippen LogP) is 2.82. The molecule has 0 bridgehead atoms. The summed E-state index contributed by atoms with van der Waals surface area (Å²) in [5.74, 6) is 1.00. The Morgan fingerprint density at radius 3 is 2.76 bits per heavy atom. The van der Waals surface area contributed by atoms with Crippen LogP contribution in [-0.2, 0) is 6.54 Å². The predicted molar refractivity (Wildman–Crippen MR) is 98.7 cm³/mol. The van der Waals surface area contributed by atoms with Crippen LogP contribution in [0.2, 0.25) is 0 Å². The molecule has 2 aromatic heterocycles. The number of amides is 1. The fraction of sp³-hybridized carbons (Fsp3) is 0.526. The number of hydrogen-bond acceptors (Lipinski definition) is 4. The van der Waals surface area contributed by atoms with Gasteiger partial charge in [0.25, 0.3) is 5.91 Å². The number of carbonyl (C=O) groups is 1. The van der Waals surface area contributed by atoms with Crippen molar-refractivity contribution in [1.29, 1.82) is 0 Å². The van der Waals surface area contributed by atoms with Gasteiger partial charge in [-0.2, -0.15) is 5.10 Å². The Morgan fingerprint density at radius 2 is 2.12 bits per heavy atom. The van der Waals surface area contributed by atoms with Gasteiger partial charge in [-0.15, -0.1) is 0 Å². The van der Waals surface area contributed by atoms with Gasteiger partial charge in [-0.1, -0.05) is 0 Å². The first-order valence-corrected chi connectivity index (χ1v) is 9.22. The summed E-state index contributed by atoms with van der Waals surface area (Å²) < 4.78 is 1.91. The molecule has 0 aliphatic carbocycles. The van der Waals surface area contributed by atoms with Gasteiger partial charge in [-0.05, 0) is 51.3 Å². The van der Waals surface area contributed by atoms with Gasteiger partial charge in [-0.3, -0.25) is 9.48 Å². The minimum atomic E-state index is 0.0791. The van der Waals surface area contributed by atoms with Crippen molar-refractivity contribution in [3.63, 3.8) is 0 Å². The van der Waals surface area contributed by atoms with Crippen molar-refractivity contribution in [2.75, 3.05) is 24.5 Å². The van der Waals surface area contributed by atoms with E-state index in [9.17, 15) is 4.79 Å². The maximum Gasteiger partial charge on any atom is 0.255 e. The summed E-state index contributed by atoms with van der Waals surface area (Å²) >= 11 is 0. The van der Waals surface area contributed by atoms with Crippen molar-refractivity contribution in [2.45, 2.75) is 45.7 Å². The number of likely N-dealkylation sites (tertiary alicyclic amines) is 1. The molecule has 0 unspecified atom stereocenters. The van der Waals surface area contributed by atoms with Crippen molar-refractivity contribution in [3.05, 3.63) is 42.4 Å². The molecule has 6 nitrogen and oxygen atoms in total. The minimum Gasteiger partial charge on any atom is -0.357 e. The highest BCUT2D eigenvalue weighted by atomic mass is 16.2. The van der Waals surface area contributed by atoms with Crippen LogP contribution in [0.5, 0.6) is 0 Å². The Labute approximate surface area is 149 Å². The molecule has 134 valence electrons. The zero-order valence-electron chi connectivity index (χ0n) is 15.1. The quantitative estimate of drug-likeness (QED) is 0.811. The number of aromatic nitrogens is 3. The monoisotopic (exact) mass is 341 g/mol. The highest BCUT2D eigenvalue weighted by Crippen LogP contribution is 2.21. The molecule has 0 aromatic carbocycles. The van der Waals surface area contributed by atoms with Crippen LogP contribution in [0.1, 0.15) is 43.5 Å². The van der Waals surface area contributed by atoms with E-state index in [1.54, 1.807) is 12.4 Å². The summed E-state index contributed by atoms with van der Waals surface area (Å²) in [7, 11) is 0. The van der Waals surface area contributed by atoms with Gasteiger partial charge < -0.3 is 9.80 Å². The van der Waals surface area contributed by atoms with Crippen LogP contribution >= 0.6 is 0 Å². The molecule has 1 amide bonds. The van der Waals surface area contributed by atoms with Crippen molar-refractivity contribution in [2.24, 2.45) is 0 Å². The van der Waals surface area contributed by atoms with Crippen LogP contribution in [0.4, 0.5) is 5.82 Å². The summed E-state index contributed by atoms with van der Waals surface area (Å²) in [6.07, 6.45) is 8.70. The van der Waals surface area contributed by atoms with Crippen molar-refractivity contribution in [1.82, 2.24) is 19.7 Å². The molecule has 0 saturated carbocycles. The Bertz CT molecular complexity index is 664. The second kappa shape index (κ2) is 8.14. The Morgan fingerprint density at radius 1 is 1.28 bits per heavy atom. The van der Waals surface area contributed by atoms with E-state index < -0.39 is 0 Å². The maximum absolute atomic E-state index is 13.0. The van der Waals surface area contributed by atoms with Crippen LogP contribution in [0, 0.1) is 0 Å². The van der Waals surface area contributed by atoms with E-state index in [1.807, 2.05) is 34.0 Å². The van der Waals surface area contributed by atoms with Gasteiger partial charge >= 0.3 is 0 Å². The van der Waals surface area contributed by atoms with Gasteiger partial charge in [0, 0.05) is 38.2 Å². The fourth-order valence-electron chi connectivity index (χ4n) is 3.50. The smallest absolute Gasteiger partial charge is 0.255 e. The lowest BCUT2D eigenvalue weighted by Gasteiger charge is -2.35. The number of anilines is 1. The van der Waals surface area contributed by atoms with Gasteiger partial charge in [-0.25, -0.2) is 4.98 Å². The topological polar surface area (TPSA) is 54.3 Å². The molecule has 0 radical (unpaired) electrons. The van der Waals surface area contributed by atoms with Crippen molar-refractivity contribution < 1.29 is 4.79 Å². The second-order valence-corrected chi connectivity index (χ2v) is 6.45. The third-order valence-corrected chi connectivity index (χ3v) is 4.93. The largest absolute Gasteiger partial charge is 0.357 e. The summed E-state index contributed by atoms with van der Waals surface area (Å²) in [4.78, 5) is 21.7. The molecule has 1 saturated heterocycles. The zero-order valence-corrected chi connectivity index (χ0v) is 15.1. The molecule has 3 rings (SSSR count). The standard InChI is InChI=1S/C19H27N5O/c1-3-22(4-2)18-10-9-16(14-20-18)19(25)24-13-6-5-8-17(24)15-23-12-7-11-21-23/h7,9-12,14,17H,3-6,8,13,15H2,1-2H3/t17-/m0/s1. The van der Waals surface area contributed by atoms with Crippen LogP contribution in [0.25, 0.3) is 0 Å². The van der Waals surface area contributed by atoms with E-state index in [0.29, 0.717) is 5.56 Å². The molecule has 0 spiro atoms. The second-order valence-electron chi connectivity index (χ2n) is 6.45. The fourth-order valence-corrected chi connectivity index (χ4v) is 3.50. The molecular formula is C19H27N5O. The van der Waals surface area contributed by atoms with Crippen LogP contribution in [0.3, 0.4) is 0 Å². The van der Waals surface area contributed by atoms with Gasteiger partial charge in [0.2, 0.25) is 0 Å². The summed E-state index contributed by atoms with van der Waals surface area (Å²) in [5.41, 5.74) is 0.670. The highest BCUT2D eigenvalue weighted by molar-refractivity contribution is 5.94. The molecule has 2 aromatic rings. The summed E-state index contributed by atoms with van der Waals surface area (Å²) in [6, 6.07) is 5.98. The Balaban J connectivity index is 1.73. The molecular weight excluding hydrogens is 314 g/mol. The first-order valence-electron chi connectivity index (χ1n) is 9.22. The van der Waals surface area contributed by atoms with E-state index in [2.05, 4.69) is 28.8 Å². The van der Waals surface area contributed by atoms with E-state index in [-0.39, 0.29) is 11.9 Å². The SMILES string of the molecule is CCN(CC)c1ccc(C(=O)N2CCCC[C@H]2Cn2cccn2)cn1. The van der Waals surface area contributed by atoms with E-state index in [4.69, 9.17) is 0 Å². The van der Waals surface area contributed by atoms with E-state index in [1.165, 1.54) is 0 Å². The Kier molecular flexibility index (Phi) is 5.68. The number of hydrogen-bond donors (Lipinski definition) is 0. The normalized spacial score (nSPS) is 17.5. The van der Waals surface area contributed by atoms with Crippen LogP contribution in [-0.4, -0.2) is 51.2 Å². The Hall–Kier alpha value is -2.37. The first kappa shape index (κ1) is 17.5. The van der Waals surface area contributed by atoms with E-state index in [0.717, 1.165) is 51.3 Å². The van der Waals surface area contributed by atoms with Crippen molar-refractivity contribution in [3.8, 4) is 0 Å². The summed E-state index contributed by atoms with van der Waals surface area (Å²) in [5, 5.41) is 4.29. The lowest BCUT2D eigenvalue weighted by Crippen LogP contribution is -2.46. The first-order chi connectivity index (χ1) is 12.2. The average Bonchev–Trinajstić information content (AvgIpc) is 3.16. The number of nitrogens with zero attached hydrogens (tertiary/aromatic N) is 5. The zero-order chi connectivity index (χ0) is 17.6. The van der Waals surface area contributed by atoms with Gasteiger partial charge in [0.1, 0.15) is 5.82 Å². The molecule has 1 aliphatic heterocycles. The van der Waals surface area contributed by atoms with Gasteiger partial charge in [0.05, 0.1) is 18.2 Å². The number of pyridine rings is 1. The number of carbonyl (C=O) groups excluding carboxylic acids is 1. The average molecular weight is 341 g/mol. The summed E-state index contributed by atoms with van der Waals surface area (Å²) in [6.45, 7) is 7.60.